The van der Waals surface area contributed by atoms with E-state index in [1.54, 1.807) is 6.92 Å². The van der Waals surface area contributed by atoms with Gasteiger partial charge in [-0.25, -0.2) is 19.2 Å². The highest BCUT2D eigenvalue weighted by Gasteiger charge is 2.58. The fourth-order valence-electron chi connectivity index (χ4n) is 4.27. The van der Waals surface area contributed by atoms with Crippen molar-refractivity contribution >= 4 is 47.1 Å². The molecule has 0 amide bonds. The number of nitrogens with two attached hydrogens (primary N) is 1. The summed E-state index contributed by atoms with van der Waals surface area (Å²) in [6.45, 7) is 6.86. The van der Waals surface area contributed by atoms with E-state index in [4.69, 9.17) is 57.5 Å². The summed E-state index contributed by atoms with van der Waals surface area (Å²) >= 11 is 13.0. The zero-order valence-electron chi connectivity index (χ0n) is 23.2. The van der Waals surface area contributed by atoms with Crippen molar-refractivity contribution in [1.82, 2.24) is 5.06 Å². The first-order valence-corrected chi connectivity index (χ1v) is 13.3. The summed E-state index contributed by atoms with van der Waals surface area (Å²) in [5.41, 5.74) is 2.34. The van der Waals surface area contributed by atoms with Crippen LogP contribution in [-0.4, -0.2) is 75.6 Å². The van der Waals surface area contributed by atoms with Crippen LogP contribution in [0.4, 0.5) is 0 Å². The predicted octanol–water partition coefficient (Wildman–Crippen LogP) is 2.89. The highest BCUT2D eigenvalue weighted by molar-refractivity contribution is 6.42. The van der Waals surface area contributed by atoms with Crippen molar-refractivity contribution in [2.45, 2.75) is 19.4 Å². The van der Waals surface area contributed by atoms with E-state index in [2.05, 4.69) is 6.58 Å². The molecule has 0 aliphatic carbocycles. The van der Waals surface area contributed by atoms with Gasteiger partial charge in [-0.15, -0.1) is 0 Å². The molecule has 42 heavy (non-hydrogen) atoms. The van der Waals surface area contributed by atoms with Gasteiger partial charge in [0.25, 0.3) is 0 Å². The third kappa shape index (κ3) is 6.85. The van der Waals surface area contributed by atoms with Gasteiger partial charge in [-0.2, -0.15) is 5.06 Å². The van der Waals surface area contributed by atoms with Crippen LogP contribution in [0.15, 0.2) is 65.0 Å². The van der Waals surface area contributed by atoms with Crippen molar-refractivity contribution in [3.63, 3.8) is 0 Å². The van der Waals surface area contributed by atoms with Crippen molar-refractivity contribution in [1.29, 1.82) is 0 Å². The van der Waals surface area contributed by atoms with Crippen LogP contribution in [0.25, 0.3) is 0 Å². The number of ether oxygens (including phenoxy) is 5. The number of rotatable bonds is 12. The van der Waals surface area contributed by atoms with Crippen LogP contribution in [0, 0.1) is 0 Å². The zero-order chi connectivity index (χ0) is 31.0. The fourth-order valence-corrected chi connectivity index (χ4v) is 4.71. The number of hydroxylamine groups is 2. The van der Waals surface area contributed by atoms with Gasteiger partial charge in [0.05, 0.1) is 55.0 Å². The lowest BCUT2D eigenvalue weighted by Gasteiger charge is -2.44. The molecule has 3 aliphatic heterocycles. The van der Waals surface area contributed by atoms with Crippen LogP contribution < -0.4 is 5.73 Å². The minimum Gasteiger partial charge on any atom is -0.465 e. The van der Waals surface area contributed by atoms with Crippen molar-refractivity contribution in [3.05, 3.63) is 80.7 Å². The Morgan fingerprint density at radius 3 is 2.40 bits per heavy atom. The Morgan fingerprint density at radius 1 is 1.05 bits per heavy atom. The lowest BCUT2D eigenvalue weighted by atomic mass is 9.75. The molecule has 1 aromatic carbocycles. The number of hydrogen-bond donors (Lipinski definition) is 1. The molecule has 1 aromatic rings. The van der Waals surface area contributed by atoms with Crippen molar-refractivity contribution in [2.24, 2.45) is 5.73 Å². The number of nitrogens with zero attached hydrogens (tertiary/aromatic N) is 1. The number of methoxy groups -OCH3 is 1. The van der Waals surface area contributed by atoms with Gasteiger partial charge < -0.3 is 34.3 Å². The Hall–Kier alpha value is -3.68. The Bertz CT molecular complexity index is 1370. The molecule has 3 heterocycles. The zero-order valence-corrected chi connectivity index (χ0v) is 24.7. The molecule has 0 fully saturated rings. The van der Waals surface area contributed by atoms with E-state index in [0.29, 0.717) is 12.1 Å². The molecule has 0 aromatic heterocycles. The monoisotopic (exact) mass is 624 g/mol. The summed E-state index contributed by atoms with van der Waals surface area (Å²) in [6.07, 6.45) is 1.59. The van der Waals surface area contributed by atoms with Crippen LogP contribution in [0.5, 0.6) is 0 Å². The highest BCUT2D eigenvalue weighted by atomic mass is 35.5. The summed E-state index contributed by atoms with van der Waals surface area (Å²) < 4.78 is 27.7. The number of carbonyl (C=O) groups excluding carboxylic acids is 4. The third-order valence-electron chi connectivity index (χ3n) is 5.94. The minimum absolute atomic E-state index is 0.0208. The first-order chi connectivity index (χ1) is 20.0. The van der Waals surface area contributed by atoms with E-state index in [1.165, 1.54) is 25.1 Å². The summed E-state index contributed by atoms with van der Waals surface area (Å²) in [4.78, 5) is 59.0. The number of benzene rings is 1. The first kappa shape index (κ1) is 32.8. The molecule has 0 saturated heterocycles. The van der Waals surface area contributed by atoms with Crippen molar-refractivity contribution in [3.8, 4) is 0 Å². The average Bonchev–Trinajstić information content (AvgIpc) is 2.95. The topological polar surface area (TPSA) is 153 Å². The standard InChI is InChI=1S/C28H30Cl2N2O10/c1-16(2)14-40-27(36)24-20(15-39-13-12-38-11-10-31)32-17(3)23(26(35)37-4)28(24,18-6-5-7-19(29)25(18)30)41-21(33)8-9-22(34)42-32/h5-9H,1,10-15,31H2,2-4H3/b9-8+. The maximum Gasteiger partial charge on any atom is 0.356 e. The molecular weight excluding hydrogens is 595 g/mol. The molecular formula is C28H30Cl2N2O10. The quantitative estimate of drug-likeness (QED) is 0.157. The average molecular weight is 625 g/mol. The molecule has 3 aliphatic rings. The lowest BCUT2D eigenvalue weighted by molar-refractivity contribution is -0.177. The molecule has 1 atom stereocenters. The summed E-state index contributed by atoms with van der Waals surface area (Å²) in [6, 6.07) is 4.37. The second-order valence-corrected chi connectivity index (χ2v) is 9.79. The molecule has 4 rings (SSSR count). The Labute approximate surface area is 252 Å². The minimum atomic E-state index is -2.41. The maximum atomic E-state index is 14.0. The fraction of sp³-hybridized carbons (Fsp3) is 0.357. The molecule has 14 heteroatoms. The number of allylic oxidation sites excluding steroid dienone is 1. The molecule has 12 nitrogen and oxygen atoms in total. The number of hydrogen-bond acceptors (Lipinski definition) is 12. The van der Waals surface area contributed by atoms with E-state index >= 15 is 0 Å². The van der Waals surface area contributed by atoms with Gasteiger partial charge >= 0.3 is 23.9 Å². The molecule has 0 saturated carbocycles. The number of esters is 3. The van der Waals surface area contributed by atoms with Gasteiger partial charge in [-0.1, -0.05) is 41.9 Å². The molecule has 226 valence electrons. The Kier molecular flexibility index (Phi) is 11.3. The van der Waals surface area contributed by atoms with Crippen LogP contribution in [0.1, 0.15) is 19.4 Å². The molecule has 0 radical (unpaired) electrons. The molecule has 0 spiro atoms. The van der Waals surface area contributed by atoms with Crippen molar-refractivity contribution in [2.75, 3.05) is 46.7 Å². The number of halogens is 2. The maximum absolute atomic E-state index is 14.0. The Balaban J connectivity index is 2.44. The normalized spacial score (nSPS) is 19.3. The van der Waals surface area contributed by atoms with Gasteiger partial charge in [0.2, 0.25) is 5.60 Å². The van der Waals surface area contributed by atoms with Gasteiger partial charge in [0.1, 0.15) is 17.8 Å². The summed E-state index contributed by atoms with van der Waals surface area (Å²) in [7, 11) is 1.08. The largest absolute Gasteiger partial charge is 0.465 e. The number of fused-ring (bicyclic) bond motifs is 4. The van der Waals surface area contributed by atoms with Gasteiger partial charge in [-0.3, -0.25) is 0 Å². The van der Waals surface area contributed by atoms with Gasteiger partial charge in [-0.05, 0) is 25.5 Å². The molecule has 2 bridgehead atoms. The van der Waals surface area contributed by atoms with E-state index < -0.39 is 47.2 Å². The Morgan fingerprint density at radius 2 is 1.74 bits per heavy atom. The van der Waals surface area contributed by atoms with E-state index in [0.717, 1.165) is 24.3 Å². The summed E-state index contributed by atoms with van der Waals surface area (Å²) in [5.74, 6) is -4.26. The second kappa shape index (κ2) is 14.5. The van der Waals surface area contributed by atoms with Crippen LogP contribution in [0.3, 0.4) is 0 Å². The molecule has 1 unspecified atom stereocenters. The van der Waals surface area contributed by atoms with E-state index in [1.807, 2.05) is 0 Å². The SMILES string of the molecule is C=C(C)COC(=O)C1=C(COCCOCCN)N2OC(=O)/C=C/C(=O)OC1(c1cccc(Cl)c1Cl)C(C(=O)OC)=C2C. The van der Waals surface area contributed by atoms with Crippen molar-refractivity contribution < 1.29 is 47.7 Å². The van der Waals surface area contributed by atoms with Crippen LogP contribution in [-0.2, 0) is 53.3 Å². The summed E-state index contributed by atoms with van der Waals surface area (Å²) in [5, 5.41) is 0.799. The highest BCUT2D eigenvalue weighted by Crippen LogP contribution is 2.52. The first-order valence-electron chi connectivity index (χ1n) is 12.6. The second-order valence-electron chi connectivity index (χ2n) is 9.00. The molecule has 2 N–H and O–H groups in total. The smallest absolute Gasteiger partial charge is 0.356 e. The van der Waals surface area contributed by atoms with E-state index in [9.17, 15) is 19.2 Å². The van der Waals surface area contributed by atoms with Crippen LogP contribution in [0.2, 0.25) is 10.0 Å². The lowest BCUT2D eigenvalue weighted by Crippen LogP contribution is -2.51. The van der Waals surface area contributed by atoms with Crippen LogP contribution >= 0.6 is 23.2 Å². The van der Waals surface area contributed by atoms with Gasteiger partial charge in [0.15, 0.2) is 0 Å². The predicted molar refractivity (Wildman–Crippen MR) is 150 cm³/mol. The third-order valence-corrected chi connectivity index (χ3v) is 6.76. The van der Waals surface area contributed by atoms with E-state index in [-0.39, 0.29) is 53.4 Å². The van der Waals surface area contributed by atoms with Gasteiger partial charge in [0, 0.05) is 24.3 Å². The number of carbonyl (C=O) groups is 4.